The highest BCUT2D eigenvalue weighted by molar-refractivity contribution is 5.97. The van der Waals surface area contributed by atoms with E-state index >= 15 is 0 Å². The van der Waals surface area contributed by atoms with E-state index in [1.54, 1.807) is 0 Å². The molecule has 0 radical (unpaired) electrons. The molecule has 0 saturated carbocycles. The van der Waals surface area contributed by atoms with E-state index in [2.05, 4.69) is 326 Å². The van der Waals surface area contributed by atoms with Crippen molar-refractivity contribution < 1.29 is 0 Å². The van der Waals surface area contributed by atoms with E-state index in [0.717, 1.165) is 79.2 Å². The molecular weight excluding hydrogens is 1120 g/mol. The molecule has 0 unspecified atom stereocenters. The zero-order chi connectivity index (χ0) is 62.6. The number of para-hydroxylation sites is 6. The van der Waals surface area contributed by atoms with Gasteiger partial charge in [-0.15, -0.1) is 0 Å². The summed E-state index contributed by atoms with van der Waals surface area (Å²) in [4.78, 5) is 31.8. The smallest absolute Gasteiger partial charge is 0.138 e. The fourth-order valence-corrected chi connectivity index (χ4v) is 11.5. The number of H-pyrrole nitrogens is 4. The number of rotatable bonds is 12. The Labute approximate surface area is 537 Å². The molecule has 4 N–H and O–H groups in total. The molecule has 16 rings (SSSR count). The molecule has 0 spiro atoms. The maximum Gasteiger partial charge on any atom is 0.138 e. The van der Waals surface area contributed by atoms with Gasteiger partial charge in [0.2, 0.25) is 0 Å². The summed E-state index contributed by atoms with van der Waals surface area (Å²) in [6.07, 6.45) is 0. The van der Waals surface area contributed by atoms with Crippen LogP contribution in [-0.2, 0) is 0 Å². The lowest BCUT2D eigenvalue weighted by molar-refractivity contribution is 1.15. The van der Waals surface area contributed by atoms with Crippen molar-refractivity contribution in [1.82, 2.24) is 29.9 Å². The summed E-state index contributed by atoms with van der Waals surface area (Å²) in [6, 6.07) is 113. The highest BCUT2D eigenvalue weighted by Crippen LogP contribution is 2.35. The fraction of sp³-hybridized carbons (Fsp3) is 0.0488. The van der Waals surface area contributed by atoms with E-state index in [4.69, 9.17) is 0 Å². The summed E-state index contributed by atoms with van der Waals surface area (Å²) in [6.45, 7) is 0. The first kappa shape index (κ1) is 58.9. The van der Waals surface area contributed by atoms with Crippen molar-refractivity contribution >= 4 is 89.4 Å². The lowest BCUT2D eigenvalue weighted by Gasteiger charge is -2.21. The van der Waals surface area contributed by atoms with Gasteiger partial charge in [0.25, 0.3) is 0 Å². The molecule has 0 aliphatic carbocycles. The van der Waals surface area contributed by atoms with Crippen molar-refractivity contribution in [3.05, 3.63) is 328 Å². The van der Waals surface area contributed by atoms with E-state index in [1.807, 2.05) is 78.9 Å². The largest absolute Gasteiger partial charge is 0.345 e. The predicted octanol–water partition coefficient (Wildman–Crippen LogP) is 21.2. The van der Waals surface area contributed by atoms with E-state index in [0.29, 0.717) is 0 Å². The molecule has 92 heavy (non-hydrogen) atoms. The number of nitrogens with zero attached hydrogens (tertiary/aromatic N) is 6. The van der Waals surface area contributed by atoms with Crippen LogP contribution in [0.25, 0.3) is 88.9 Å². The number of hydrogen-bond donors (Lipinski definition) is 4. The SMILES string of the molecule is CN(c1ccc(-c2ccccc2)[nH]1)c1cccc2ccccc12.CN(c1ccc(-c2nc3ccccc3[nH]2)cc1)c1cccc2ccccc12.CN(c1ccccc1)c1ccc(-c2ccccc2)[nH]1.CN(c1ccccc1)c1ccc(-c2nc3ccccc3[nH]2)cc1. The topological polar surface area (TPSA) is 102 Å². The van der Waals surface area contributed by atoms with Crippen LogP contribution in [0.2, 0.25) is 0 Å². The quantitative estimate of drug-likeness (QED) is 0.0972. The molecule has 10 heteroatoms. The summed E-state index contributed by atoms with van der Waals surface area (Å²) in [5, 5.41) is 5.02. The molecule has 0 saturated heterocycles. The summed E-state index contributed by atoms with van der Waals surface area (Å²) in [5.41, 5.74) is 18.0. The highest BCUT2D eigenvalue weighted by Gasteiger charge is 2.14. The standard InChI is InChI=1S/C24H19N3.C21H18N2.C20H17N3.C17H16N2/c1-27(23-12-6-8-17-7-2-3-9-20(17)23)19-15-13-18(14-16-19)24-25-21-10-4-5-11-22(21)26-24;1-23(20-13-7-11-16-8-5-6-12-18(16)20)21-15-14-19(22-21)17-9-3-2-4-10-17;1-23(16-7-3-2-4-8-16)17-13-11-15(12-14-17)20-21-18-9-5-6-10-19(18)22-20;1-19(15-10-6-3-7-11-15)17-13-12-16(18-17)14-8-4-2-5-9-14/h2-16H,1H3,(H,25,26);2-15,22H,1H3;2-14H,1H3,(H,21,22);2-13,18H,1H3. The number of aromatic nitrogens is 6. The second-order valence-electron chi connectivity index (χ2n) is 22.4. The molecule has 10 nitrogen and oxygen atoms in total. The lowest BCUT2D eigenvalue weighted by Crippen LogP contribution is -2.10. The number of benzene rings is 12. The summed E-state index contributed by atoms with van der Waals surface area (Å²) in [5.74, 6) is 3.97. The first-order valence-corrected chi connectivity index (χ1v) is 30.9. The van der Waals surface area contributed by atoms with Crippen molar-refractivity contribution in [2.24, 2.45) is 0 Å². The van der Waals surface area contributed by atoms with Gasteiger partial charge in [-0.05, 0) is 155 Å². The Bertz CT molecular complexity index is 4920. The average Bonchev–Trinajstić information content (AvgIpc) is 2.20. The van der Waals surface area contributed by atoms with Crippen LogP contribution in [0.5, 0.6) is 0 Å². The molecule has 448 valence electrons. The molecule has 0 fully saturated rings. The van der Waals surface area contributed by atoms with Gasteiger partial charge in [-0.1, -0.05) is 194 Å². The average molecular weight is 1200 g/mol. The lowest BCUT2D eigenvalue weighted by atomic mass is 10.1. The molecule has 0 atom stereocenters. The number of anilines is 8. The van der Waals surface area contributed by atoms with Crippen molar-refractivity contribution in [2.45, 2.75) is 0 Å². The highest BCUT2D eigenvalue weighted by atomic mass is 15.2. The van der Waals surface area contributed by atoms with Crippen LogP contribution >= 0.6 is 0 Å². The van der Waals surface area contributed by atoms with Crippen LogP contribution in [0.3, 0.4) is 0 Å². The van der Waals surface area contributed by atoms with E-state index in [-0.39, 0.29) is 0 Å². The summed E-state index contributed by atoms with van der Waals surface area (Å²) in [7, 11) is 8.35. The molecule has 12 aromatic carbocycles. The predicted molar refractivity (Wildman–Crippen MR) is 389 cm³/mol. The molecule has 16 aromatic rings. The van der Waals surface area contributed by atoms with Crippen LogP contribution in [-0.4, -0.2) is 58.1 Å². The van der Waals surface area contributed by atoms with Gasteiger partial charge in [0.05, 0.1) is 22.1 Å². The van der Waals surface area contributed by atoms with Crippen LogP contribution in [0, 0.1) is 0 Å². The fourth-order valence-electron chi connectivity index (χ4n) is 11.5. The second kappa shape index (κ2) is 27.5. The van der Waals surface area contributed by atoms with Gasteiger partial charge >= 0.3 is 0 Å². The first-order chi connectivity index (χ1) is 45.3. The van der Waals surface area contributed by atoms with Crippen LogP contribution in [0.1, 0.15) is 0 Å². The number of hydrogen-bond acceptors (Lipinski definition) is 6. The van der Waals surface area contributed by atoms with E-state index in [9.17, 15) is 0 Å². The van der Waals surface area contributed by atoms with Gasteiger partial charge in [-0.2, -0.15) is 0 Å². The van der Waals surface area contributed by atoms with Gasteiger partial charge in [-0.3, -0.25) is 0 Å². The zero-order valence-corrected chi connectivity index (χ0v) is 51.9. The number of nitrogens with one attached hydrogen (secondary N) is 4. The molecule has 0 aliphatic heterocycles. The van der Waals surface area contributed by atoms with E-state index in [1.165, 1.54) is 55.4 Å². The molecule has 4 heterocycles. The Morgan fingerprint density at radius 3 is 1.04 bits per heavy atom. The third kappa shape index (κ3) is 13.3. The zero-order valence-electron chi connectivity index (χ0n) is 51.9. The van der Waals surface area contributed by atoms with Gasteiger partial charge in [0, 0.05) is 95.6 Å². The van der Waals surface area contributed by atoms with Crippen molar-refractivity contribution in [2.75, 3.05) is 47.8 Å². The minimum atomic E-state index is 0.899. The van der Waals surface area contributed by atoms with Gasteiger partial charge < -0.3 is 39.5 Å². The Balaban J connectivity index is 0.000000113. The van der Waals surface area contributed by atoms with Crippen molar-refractivity contribution in [3.8, 4) is 45.3 Å². The minimum Gasteiger partial charge on any atom is -0.345 e. The monoisotopic (exact) mass is 1190 g/mol. The van der Waals surface area contributed by atoms with Crippen LogP contribution in [0.4, 0.5) is 45.8 Å². The normalized spacial score (nSPS) is 10.8. The third-order valence-corrected chi connectivity index (χ3v) is 16.6. The van der Waals surface area contributed by atoms with Crippen molar-refractivity contribution in [1.29, 1.82) is 0 Å². The Hall–Kier alpha value is -12.1. The van der Waals surface area contributed by atoms with Gasteiger partial charge in [0.15, 0.2) is 0 Å². The minimum absolute atomic E-state index is 0.899. The maximum absolute atomic E-state index is 4.69. The van der Waals surface area contributed by atoms with Gasteiger partial charge in [0.1, 0.15) is 23.3 Å². The first-order valence-electron chi connectivity index (χ1n) is 30.9. The van der Waals surface area contributed by atoms with E-state index < -0.39 is 0 Å². The molecule has 0 aliphatic rings. The summed E-state index contributed by atoms with van der Waals surface area (Å²) >= 11 is 0. The number of imidazole rings is 2. The molecule has 0 amide bonds. The Kier molecular flexibility index (Phi) is 17.6. The summed E-state index contributed by atoms with van der Waals surface area (Å²) < 4.78 is 0. The van der Waals surface area contributed by atoms with Crippen LogP contribution in [0.15, 0.2) is 328 Å². The molecular formula is C82H70N10. The van der Waals surface area contributed by atoms with Gasteiger partial charge in [-0.25, -0.2) is 9.97 Å². The molecule has 4 aromatic heterocycles. The maximum atomic E-state index is 4.69. The number of fused-ring (bicyclic) bond motifs is 4. The number of aromatic amines is 4. The molecule has 0 bridgehead atoms. The Morgan fingerprint density at radius 2 is 0.587 bits per heavy atom. The van der Waals surface area contributed by atoms with Crippen molar-refractivity contribution in [3.63, 3.8) is 0 Å². The Morgan fingerprint density at radius 1 is 0.239 bits per heavy atom. The second-order valence-corrected chi connectivity index (χ2v) is 22.4. The third-order valence-electron chi connectivity index (χ3n) is 16.6. The van der Waals surface area contributed by atoms with Crippen LogP contribution < -0.4 is 19.6 Å².